The van der Waals surface area contributed by atoms with Crippen LogP contribution in [-0.4, -0.2) is 80.0 Å². The van der Waals surface area contributed by atoms with Gasteiger partial charge in [-0.3, -0.25) is 9.32 Å². The minimum absolute atomic E-state index is 0. The van der Waals surface area contributed by atoms with Crippen molar-refractivity contribution >= 4 is 43.3 Å². The van der Waals surface area contributed by atoms with Crippen molar-refractivity contribution in [2.24, 2.45) is 11.8 Å². The molecule has 2 heterocycles. The van der Waals surface area contributed by atoms with E-state index in [9.17, 15) is 19.1 Å². The molecular formula is C22H23NaO11P. The molecule has 2 aromatic carbocycles. The molecule has 5 rings (SSSR count). The van der Waals surface area contributed by atoms with E-state index in [1.54, 1.807) is 24.3 Å². The van der Waals surface area contributed by atoms with Gasteiger partial charge in [0, 0.05) is 41.4 Å². The fraction of sp³-hybridized carbons (Fsp3) is 0.409. The van der Waals surface area contributed by atoms with Gasteiger partial charge in [0.2, 0.25) is 12.5 Å². The molecule has 11 nitrogen and oxygen atoms in total. The van der Waals surface area contributed by atoms with Gasteiger partial charge in [0.1, 0.15) is 6.10 Å². The Balaban J connectivity index is 0.00000289. The van der Waals surface area contributed by atoms with Crippen molar-refractivity contribution < 1.29 is 52.1 Å². The van der Waals surface area contributed by atoms with Crippen LogP contribution >= 0.6 is 7.82 Å². The average molecular weight is 517 g/mol. The number of ether oxygens (including phenoxy) is 6. The molecule has 2 unspecified atom stereocenters. The number of phosphoric acid groups is 1. The molecule has 13 heteroatoms. The fourth-order valence-corrected chi connectivity index (χ4v) is 5.64. The third kappa shape index (κ3) is 4.51. The van der Waals surface area contributed by atoms with E-state index in [4.69, 9.17) is 32.9 Å². The molecule has 0 bridgehead atoms. The van der Waals surface area contributed by atoms with Crippen molar-refractivity contribution in [3.05, 3.63) is 41.0 Å². The van der Waals surface area contributed by atoms with Crippen molar-refractivity contribution in [2.75, 3.05) is 34.7 Å². The number of hydrogen-bond acceptors (Lipinski definition) is 9. The van der Waals surface area contributed by atoms with Crippen LogP contribution in [0.15, 0.2) is 24.3 Å². The Hall–Kier alpha value is -1.98. The molecule has 1 aliphatic carbocycles. The maximum absolute atomic E-state index is 13.0. The van der Waals surface area contributed by atoms with Crippen molar-refractivity contribution in [3.8, 4) is 28.7 Å². The van der Waals surface area contributed by atoms with Gasteiger partial charge in [-0.1, -0.05) is 0 Å². The minimum Gasteiger partial charge on any atom is -0.493 e. The molecule has 0 aromatic heterocycles. The average Bonchev–Trinajstić information content (AvgIpc) is 3.42. The number of fused-ring (bicyclic) bond motifs is 3. The standard InChI is InChI=1S/C22H23O11P.Na/c1-27-16-4-10(5-17(28-2)21(16)29-3)18-11-6-14-15(32-9-31-14)7-12(11)20(33-34(24,25)26)13-8-30-22(23)19(13)18;/h4-7,13,18-20H,8-9H2,1-3H3,(H2,24,25,26);/t13?,18-,19?,20+;/m1./s1. The molecule has 1 saturated heterocycles. The van der Waals surface area contributed by atoms with Gasteiger partial charge < -0.3 is 38.2 Å². The smallest absolute Gasteiger partial charge is 0.470 e. The van der Waals surface area contributed by atoms with Crippen molar-refractivity contribution in [1.82, 2.24) is 0 Å². The van der Waals surface area contributed by atoms with E-state index >= 15 is 0 Å². The number of esters is 1. The summed E-state index contributed by atoms with van der Waals surface area (Å²) in [6.07, 6.45) is -1.10. The van der Waals surface area contributed by atoms with Crippen LogP contribution in [0.5, 0.6) is 28.7 Å². The third-order valence-electron chi connectivity index (χ3n) is 6.42. The zero-order valence-corrected chi connectivity index (χ0v) is 22.4. The summed E-state index contributed by atoms with van der Waals surface area (Å²) in [7, 11) is -0.430. The first-order chi connectivity index (χ1) is 16.3. The van der Waals surface area contributed by atoms with E-state index in [1.807, 2.05) is 0 Å². The molecule has 1 radical (unpaired) electrons. The first-order valence-electron chi connectivity index (χ1n) is 10.4. The summed E-state index contributed by atoms with van der Waals surface area (Å²) in [4.78, 5) is 32.2. The molecule has 0 amide bonds. The molecule has 183 valence electrons. The summed E-state index contributed by atoms with van der Waals surface area (Å²) < 4.78 is 49.9. The Bertz CT molecular complexity index is 1170. The summed E-state index contributed by atoms with van der Waals surface area (Å²) in [5.41, 5.74) is 1.74. The normalized spacial score (nSPS) is 24.1. The molecule has 0 saturated carbocycles. The zero-order valence-electron chi connectivity index (χ0n) is 19.5. The maximum Gasteiger partial charge on any atom is 0.470 e. The predicted molar refractivity (Wildman–Crippen MR) is 120 cm³/mol. The van der Waals surface area contributed by atoms with Gasteiger partial charge >= 0.3 is 13.8 Å². The second-order valence-corrected chi connectivity index (χ2v) is 9.30. The van der Waals surface area contributed by atoms with Crippen molar-refractivity contribution in [3.63, 3.8) is 0 Å². The van der Waals surface area contributed by atoms with Crippen LogP contribution in [0.4, 0.5) is 0 Å². The second kappa shape index (κ2) is 9.82. The van der Waals surface area contributed by atoms with Crippen molar-refractivity contribution in [2.45, 2.75) is 12.0 Å². The number of phosphoric ester groups is 1. The topological polar surface area (TPSA) is 139 Å². The summed E-state index contributed by atoms with van der Waals surface area (Å²) in [5, 5.41) is 0. The van der Waals surface area contributed by atoms with Crippen LogP contribution in [0.2, 0.25) is 0 Å². The molecule has 2 aliphatic heterocycles. The van der Waals surface area contributed by atoms with Crippen LogP contribution in [0, 0.1) is 11.8 Å². The summed E-state index contributed by atoms with van der Waals surface area (Å²) in [5.74, 6) is -0.443. The van der Waals surface area contributed by atoms with E-state index in [1.165, 1.54) is 21.3 Å². The van der Waals surface area contributed by atoms with Crippen LogP contribution in [0.1, 0.15) is 28.7 Å². The number of hydrogen-bond donors (Lipinski definition) is 2. The zero-order chi connectivity index (χ0) is 24.2. The molecule has 3 aliphatic rings. The number of benzene rings is 2. The first-order valence-corrected chi connectivity index (χ1v) is 11.9. The number of methoxy groups -OCH3 is 3. The first kappa shape index (κ1) is 26.1. The van der Waals surface area contributed by atoms with Gasteiger partial charge in [-0.25, -0.2) is 4.57 Å². The Kier molecular flexibility index (Phi) is 7.32. The molecule has 2 N–H and O–H groups in total. The number of carbonyl (C=O) groups is 1. The summed E-state index contributed by atoms with van der Waals surface area (Å²) in [6.45, 7) is -0.0467. The molecule has 35 heavy (non-hydrogen) atoms. The maximum atomic E-state index is 13.0. The van der Waals surface area contributed by atoms with E-state index in [-0.39, 0.29) is 43.0 Å². The minimum atomic E-state index is -4.90. The van der Waals surface area contributed by atoms with Crippen LogP contribution in [-0.2, 0) is 18.6 Å². The van der Waals surface area contributed by atoms with Gasteiger partial charge in [-0.2, -0.15) is 0 Å². The molecule has 2 aromatic rings. The Morgan fingerprint density at radius 3 is 2.06 bits per heavy atom. The van der Waals surface area contributed by atoms with E-state index < -0.39 is 37.6 Å². The van der Waals surface area contributed by atoms with Gasteiger partial charge in [-0.15, -0.1) is 0 Å². The van der Waals surface area contributed by atoms with E-state index in [2.05, 4.69) is 0 Å². The van der Waals surface area contributed by atoms with Crippen LogP contribution < -0.4 is 23.7 Å². The Morgan fingerprint density at radius 1 is 0.914 bits per heavy atom. The van der Waals surface area contributed by atoms with Crippen LogP contribution in [0.25, 0.3) is 0 Å². The van der Waals surface area contributed by atoms with Gasteiger partial charge in [0.25, 0.3) is 0 Å². The quantitative estimate of drug-likeness (QED) is 0.331. The Morgan fingerprint density at radius 2 is 1.51 bits per heavy atom. The van der Waals surface area contributed by atoms with E-state index in [0.29, 0.717) is 45.4 Å². The summed E-state index contributed by atoms with van der Waals surface area (Å²) >= 11 is 0. The molecule has 4 atom stereocenters. The van der Waals surface area contributed by atoms with E-state index in [0.717, 1.165) is 0 Å². The van der Waals surface area contributed by atoms with Gasteiger partial charge in [0.15, 0.2) is 23.0 Å². The third-order valence-corrected chi connectivity index (χ3v) is 6.92. The summed E-state index contributed by atoms with van der Waals surface area (Å²) in [6, 6.07) is 6.84. The molecular weight excluding hydrogens is 494 g/mol. The number of rotatable bonds is 6. The largest absolute Gasteiger partial charge is 0.493 e. The fourth-order valence-electron chi connectivity index (χ4n) is 5.08. The van der Waals surface area contributed by atoms with Crippen molar-refractivity contribution in [1.29, 1.82) is 0 Å². The molecule has 1 fully saturated rings. The number of cyclic esters (lactones) is 1. The predicted octanol–water partition coefficient (Wildman–Crippen LogP) is 2.15. The molecule has 0 spiro atoms. The Labute approximate surface area is 223 Å². The second-order valence-electron chi connectivity index (χ2n) is 8.11. The van der Waals surface area contributed by atoms with Crippen LogP contribution in [0.3, 0.4) is 0 Å². The van der Waals surface area contributed by atoms with Gasteiger partial charge in [0.05, 0.1) is 33.9 Å². The monoisotopic (exact) mass is 517 g/mol. The number of carbonyl (C=O) groups excluding carboxylic acids is 1. The van der Waals surface area contributed by atoms with Gasteiger partial charge in [-0.05, 0) is 41.0 Å². The SMILES string of the molecule is COc1cc([C@@H]2c3cc4c(cc3[C@H](OP(=O)(O)O)C3COC(=O)C32)OCO4)cc(OC)c1OC.[Na].